The molecule has 0 saturated carbocycles. The first kappa shape index (κ1) is 13.3. The molecular weight excluding hydrogens is 204 g/mol. The minimum absolute atomic E-state index is 0.0838. The van der Waals surface area contributed by atoms with Crippen LogP contribution in [0.5, 0.6) is 0 Å². The molecule has 0 aromatic carbocycles. The molecule has 4 heteroatoms. The number of amides is 1. The minimum atomic E-state index is -0.220. The van der Waals surface area contributed by atoms with Crippen LogP contribution in [0, 0.1) is 0 Å². The summed E-state index contributed by atoms with van der Waals surface area (Å²) in [6.07, 6.45) is 4.45. The molecule has 1 aliphatic rings. The summed E-state index contributed by atoms with van der Waals surface area (Å²) in [4.78, 5) is 15.3. The monoisotopic (exact) mass is 228 g/mol. The summed E-state index contributed by atoms with van der Waals surface area (Å²) in [6, 6.07) is 0. The minimum Gasteiger partial charge on any atom is -0.445 e. The van der Waals surface area contributed by atoms with Gasteiger partial charge in [-0.05, 0) is 32.4 Å². The third kappa shape index (κ3) is 4.39. The summed E-state index contributed by atoms with van der Waals surface area (Å²) in [5, 5.41) is 0. The second kappa shape index (κ2) is 6.74. The molecule has 0 N–H and O–H groups in total. The Morgan fingerprint density at radius 2 is 2.25 bits per heavy atom. The first-order chi connectivity index (χ1) is 7.63. The van der Waals surface area contributed by atoms with Crippen LogP contribution in [0.4, 0.5) is 4.79 Å². The first-order valence-corrected chi connectivity index (χ1v) is 6.23. The SMILES string of the molecule is CCCCN1CCCC(OC(=O)N(C)C)C1. The van der Waals surface area contributed by atoms with Gasteiger partial charge in [0, 0.05) is 20.6 Å². The zero-order valence-electron chi connectivity index (χ0n) is 10.7. The van der Waals surface area contributed by atoms with Crippen LogP contribution in [0.3, 0.4) is 0 Å². The van der Waals surface area contributed by atoms with Gasteiger partial charge >= 0.3 is 6.09 Å². The van der Waals surface area contributed by atoms with Crippen LogP contribution in [0.25, 0.3) is 0 Å². The highest BCUT2D eigenvalue weighted by Crippen LogP contribution is 2.14. The van der Waals surface area contributed by atoms with E-state index in [4.69, 9.17) is 4.74 Å². The molecule has 1 aliphatic heterocycles. The number of carbonyl (C=O) groups is 1. The van der Waals surface area contributed by atoms with Gasteiger partial charge in [0.1, 0.15) is 6.10 Å². The number of rotatable bonds is 4. The number of unbranched alkanes of at least 4 members (excludes halogenated alkanes) is 1. The molecule has 94 valence electrons. The van der Waals surface area contributed by atoms with Crippen LogP contribution in [0.15, 0.2) is 0 Å². The van der Waals surface area contributed by atoms with Crippen LogP contribution in [-0.2, 0) is 4.74 Å². The second-order valence-corrected chi connectivity index (χ2v) is 4.70. The fourth-order valence-electron chi connectivity index (χ4n) is 1.94. The number of piperidine rings is 1. The highest BCUT2D eigenvalue weighted by molar-refractivity contribution is 5.66. The summed E-state index contributed by atoms with van der Waals surface area (Å²) >= 11 is 0. The van der Waals surface area contributed by atoms with Crippen molar-refractivity contribution in [3.63, 3.8) is 0 Å². The highest BCUT2D eigenvalue weighted by Gasteiger charge is 2.23. The Balaban J connectivity index is 2.30. The maximum atomic E-state index is 11.4. The third-order valence-electron chi connectivity index (χ3n) is 2.92. The van der Waals surface area contributed by atoms with Gasteiger partial charge in [0.05, 0.1) is 0 Å². The quantitative estimate of drug-likeness (QED) is 0.737. The zero-order chi connectivity index (χ0) is 12.0. The molecule has 0 bridgehead atoms. The molecule has 0 radical (unpaired) electrons. The van der Waals surface area contributed by atoms with Gasteiger partial charge in [-0.1, -0.05) is 13.3 Å². The average Bonchev–Trinajstić information content (AvgIpc) is 2.26. The largest absolute Gasteiger partial charge is 0.445 e. The number of carbonyl (C=O) groups excluding carboxylic acids is 1. The molecular formula is C12H24N2O2. The number of nitrogens with zero attached hydrogens (tertiary/aromatic N) is 2. The van der Waals surface area contributed by atoms with Crippen molar-refractivity contribution in [1.29, 1.82) is 0 Å². The van der Waals surface area contributed by atoms with E-state index in [2.05, 4.69) is 11.8 Å². The van der Waals surface area contributed by atoms with Crippen molar-refractivity contribution in [3.8, 4) is 0 Å². The van der Waals surface area contributed by atoms with E-state index in [0.717, 1.165) is 32.5 Å². The molecule has 16 heavy (non-hydrogen) atoms. The average molecular weight is 228 g/mol. The Bertz CT molecular complexity index is 219. The molecule has 1 fully saturated rings. The van der Waals surface area contributed by atoms with Crippen molar-refractivity contribution >= 4 is 6.09 Å². The Labute approximate surface area is 98.5 Å². The summed E-state index contributed by atoms with van der Waals surface area (Å²) in [5.74, 6) is 0. The molecule has 1 amide bonds. The second-order valence-electron chi connectivity index (χ2n) is 4.70. The molecule has 1 rings (SSSR count). The van der Waals surface area contributed by atoms with Crippen molar-refractivity contribution < 1.29 is 9.53 Å². The predicted molar refractivity (Wildman–Crippen MR) is 64.5 cm³/mol. The maximum absolute atomic E-state index is 11.4. The molecule has 1 saturated heterocycles. The summed E-state index contributed by atoms with van der Waals surface area (Å²) in [5.41, 5.74) is 0. The van der Waals surface area contributed by atoms with Gasteiger partial charge in [-0.15, -0.1) is 0 Å². The van der Waals surface area contributed by atoms with Gasteiger partial charge < -0.3 is 9.64 Å². The van der Waals surface area contributed by atoms with Crippen molar-refractivity contribution in [2.75, 3.05) is 33.7 Å². The number of likely N-dealkylation sites (tertiary alicyclic amines) is 1. The molecule has 0 aromatic rings. The van der Waals surface area contributed by atoms with E-state index in [-0.39, 0.29) is 12.2 Å². The lowest BCUT2D eigenvalue weighted by atomic mass is 10.1. The van der Waals surface area contributed by atoms with Gasteiger partial charge in [-0.2, -0.15) is 0 Å². The zero-order valence-corrected chi connectivity index (χ0v) is 10.7. The van der Waals surface area contributed by atoms with Crippen molar-refractivity contribution in [1.82, 2.24) is 9.80 Å². The fourth-order valence-corrected chi connectivity index (χ4v) is 1.94. The summed E-state index contributed by atoms with van der Waals surface area (Å²) in [6.45, 7) is 5.38. The topological polar surface area (TPSA) is 32.8 Å². The lowest BCUT2D eigenvalue weighted by Gasteiger charge is -2.32. The molecule has 1 heterocycles. The first-order valence-electron chi connectivity index (χ1n) is 6.23. The van der Waals surface area contributed by atoms with Crippen LogP contribution in [0.2, 0.25) is 0 Å². The van der Waals surface area contributed by atoms with Gasteiger partial charge in [0.2, 0.25) is 0 Å². The molecule has 1 atom stereocenters. The van der Waals surface area contributed by atoms with Crippen LogP contribution in [0.1, 0.15) is 32.6 Å². The van der Waals surface area contributed by atoms with Crippen LogP contribution >= 0.6 is 0 Å². The Kier molecular flexibility index (Phi) is 5.60. The lowest BCUT2D eigenvalue weighted by Crippen LogP contribution is -2.42. The fraction of sp³-hybridized carbons (Fsp3) is 0.917. The van der Waals surface area contributed by atoms with Crippen LogP contribution in [-0.4, -0.2) is 55.7 Å². The molecule has 0 spiro atoms. The molecule has 0 aliphatic carbocycles. The van der Waals surface area contributed by atoms with E-state index in [1.54, 1.807) is 14.1 Å². The van der Waals surface area contributed by atoms with Gasteiger partial charge in [-0.3, -0.25) is 4.90 Å². The van der Waals surface area contributed by atoms with Gasteiger partial charge in [-0.25, -0.2) is 4.79 Å². The number of hydrogen-bond acceptors (Lipinski definition) is 3. The van der Waals surface area contributed by atoms with E-state index in [1.165, 1.54) is 17.7 Å². The predicted octanol–water partition coefficient (Wildman–Crippen LogP) is 1.95. The van der Waals surface area contributed by atoms with Crippen LogP contribution < -0.4 is 0 Å². The number of ether oxygens (including phenoxy) is 1. The smallest absolute Gasteiger partial charge is 0.409 e. The lowest BCUT2D eigenvalue weighted by molar-refractivity contribution is 0.0284. The van der Waals surface area contributed by atoms with E-state index < -0.39 is 0 Å². The Hall–Kier alpha value is -0.770. The third-order valence-corrected chi connectivity index (χ3v) is 2.92. The highest BCUT2D eigenvalue weighted by atomic mass is 16.6. The van der Waals surface area contributed by atoms with Crippen molar-refractivity contribution in [3.05, 3.63) is 0 Å². The van der Waals surface area contributed by atoms with Crippen molar-refractivity contribution in [2.45, 2.75) is 38.7 Å². The number of hydrogen-bond donors (Lipinski definition) is 0. The van der Waals surface area contributed by atoms with Gasteiger partial charge in [0.25, 0.3) is 0 Å². The molecule has 0 aromatic heterocycles. The Morgan fingerprint density at radius 3 is 2.88 bits per heavy atom. The normalized spacial score (nSPS) is 21.8. The van der Waals surface area contributed by atoms with E-state index in [0.29, 0.717) is 0 Å². The summed E-state index contributed by atoms with van der Waals surface area (Å²) in [7, 11) is 3.44. The van der Waals surface area contributed by atoms with Gasteiger partial charge in [0.15, 0.2) is 0 Å². The van der Waals surface area contributed by atoms with Crippen molar-refractivity contribution in [2.24, 2.45) is 0 Å². The van der Waals surface area contributed by atoms with E-state index in [1.807, 2.05) is 0 Å². The molecule has 1 unspecified atom stereocenters. The van der Waals surface area contributed by atoms with E-state index >= 15 is 0 Å². The maximum Gasteiger partial charge on any atom is 0.409 e. The van der Waals surface area contributed by atoms with E-state index in [9.17, 15) is 4.79 Å². The standard InChI is InChI=1S/C12H24N2O2/c1-4-5-8-14-9-6-7-11(10-14)16-12(15)13(2)3/h11H,4-10H2,1-3H3. The molecule has 4 nitrogen and oxygen atoms in total. The Morgan fingerprint density at radius 1 is 1.50 bits per heavy atom. The summed E-state index contributed by atoms with van der Waals surface area (Å²) < 4.78 is 5.41.